The van der Waals surface area contributed by atoms with Crippen LogP contribution < -0.4 is 6.15 Å². The van der Waals surface area contributed by atoms with Crippen LogP contribution in [0.5, 0.6) is 0 Å². The molecule has 136 valence electrons. The molecule has 0 aliphatic rings. The van der Waals surface area contributed by atoms with Crippen molar-refractivity contribution < 1.29 is 52.5 Å². The van der Waals surface area contributed by atoms with E-state index in [1.165, 1.54) is 0 Å². The second-order valence-electron chi connectivity index (χ2n) is 4.02. The lowest BCUT2D eigenvalue weighted by Gasteiger charge is -2.36. The molecule has 0 bridgehead atoms. The number of rotatable bonds is 7. The molecule has 0 rings (SSSR count). The highest BCUT2D eigenvalue weighted by molar-refractivity contribution is 7.87. The van der Waals surface area contributed by atoms with Gasteiger partial charge in [0.15, 0.2) is 6.17 Å². The van der Waals surface area contributed by atoms with Gasteiger partial charge in [0, 0.05) is 0 Å². The summed E-state index contributed by atoms with van der Waals surface area (Å²) in [5.74, 6) is -20.6. The Balaban J connectivity index is 0. The molecule has 0 saturated heterocycles. The first-order valence-corrected chi connectivity index (χ1v) is 6.54. The van der Waals surface area contributed by atoms with Gasteiger partial charge in [-0.15, -0.1) is 0 Å². The molecule has 4 N–H and O–H groups in total. The molecule has 0 aliphatic carbocycles. The van der Waals surface area contributed by atoms with E-state index in [4.69, 9.17) is 4.55 Å². The molecule has 1 atom stereocenters. The summed E-state index contributed by atoms with van der Waals surface area (Å²) in [5, 5.41) is -6.95. The van der Waals surface area contributed by atoms with Crippen LogP contribution in [0.3, 0.4) is 0 Å². The average Bonchev–Trinajstić information content (AvgIpc) is 2.26. The summed E-state index contributed by atoms with van der Waals surface area (Å²) in [6.45, 7) is 1.02. The second-order valence-corrected chi connectivity index (χ2v) is 5.48. The van der Waals surface area contributed by atoms with Gasteiger partial charge in [0.05, 0.1) is 0 Å². The van der Waals surface area contributed by atoms with Gasteiger partial charge in [-0.3, -0.25) is 4.55 Å². The number of hydrogen-bond donors (Lipinski definition) is 2. The second kappa shape index (κ2) is 6.39. The van der Waals surface area contributed by atoms with Crippen molar-refractivity contribution in [3.05, 3.63) is 0 Å². The highest BCUT2D eigenvalue weighted by Gasteiger charge is 2.85. The minimum Gasteiger partial charge on any atom is -0.344 e. The van der Waals surface area contributed by atoms with E-state index < -0.39 is 52.2 Å². The minimum atomic E-state index is -7.25. The molecule has 0 spiro atoms. The quantitative estimate of drug-likeness (QED) is 0.526. The topological polar surface area (TPSA) is 89.4 Å². The van der Waals surface area contributed by atoms with E-state index in [0.717, 1.165) is 6.92 Å². The fraction of sp³-hybridized carbons (Fsp3) is 1.00. The van der Waals surface area contributed by atoms with E-state index in [1.54, 1.807) is 0 Å². The van der Waals surface area contributed by atoms with E-state index in [1.807, 2.05) is 0 Å². The summed E-state index contributed by atoms with van der Waals surface area (Å²) >= 11 is 0. The Morgan fingerprint density at radius 3 is 1.59 bits per heavy atom. The molecule has 0 aromatic carbocycles. The average molecular weight is 373 g/mol. The van der Waals surface area contributed by atoms with Gasteiger partial charge in [-0.2, -0.15) is 43.5 Å². The van der Waals surface area contributed by atoms with Gasteiger partial charge in [-0.25, -0.2) is 4.39 Å². The van der Waals surface area contributed by atoms with Gasteiger partial charge >= 0.3 is 33.1 Å². The van der Waals surface area contributed by atoms with Crippen LogP contribution in [0.15, 0.2) is 0 Å². The molecule has 22 heavy (non-hydrogen) atoms. The van der Waals surface area contributed by atoms with E-state index >= 15 is 0 Å². The highest BCUT2D eigenvalue weighted by atomic mass is 32.2. The fourth-order valence-corrected chi connectivity index (χ4v) is 1.64. The molecule has 1 unspecified atom stereocenters. The Kier molecular flexibility index (Phi) is 6.83. The van der Waals surface area contributed by atoms with Crippen molar-refractivity contribution in [2.45, 2.75) is 49.0 Å². The maximum absolute atomic E-state index is 13.0. The van der Waals surface area contributed by atoms with Gasteiger partial charge in [0.1, 0.15) is 0 Å². The summed E-state index contributed by atoms with van der Waals surface area (Å²) in [6.07, 6.45) is -5.80. The summed E-state index contributed by atoms with van der Waals surface area (Å²) in [5.41, 5.74) is 0. The molecule has 0 saturated carbocycles. The lowest BCUT2D eigenvalue weighted by Crippen LogP contribution is -2.66. The SMILES string of the molecule is CCCC(F)C(F)(F)C(F)(F)C(F)(F)C(F)(F)S(=O)(=O)O.N. The summed E-state index contributed by atoms with van der Waals surface area (Å²) in [4.78, 5) is 0. The summed E-state index contributed by atoms with van der Waals surface area (Å²) in [6, 6.07) is 0. The van der Waals surface area contributed by atoms with E-state index in [0.29, 0.717) is 0 Å². The number of alkyl halides is 9. The highest BCUT2D eigenvalue weighted by Crippen LogP contribution is 2.55. The van der Waals surface area contributed by atoms with Gasteiger partial charge in [0.25, 0.3) is 0 Å². The lowest BCUT2D eigenvalue weighted by molar-refractivity contribution is -0.359. The van der Waals surface area contributed by atoms with Gasteiger partial charge < -0.3 is 6.15 Å². The first kappa shape index (κ1) is 23.5. The van der Waals surface area contributed by atoms with Crippen molar-refractivity contribution in [1.29, 1.82) is 0 Å². The van der Waals surface area contributed by atoms with Crippen LogP contribution in [0.25, 0.3) is 0 Å². The summed E-state index contributed by atoms with van der Waals surface area (Å²) in [7, 11) is -7.16. The van der Waals surface area contributed by atoms with Crippen molar-refractivity contribution >= 4 is 10.1 Å². The first-order valence-electron chi connectivity index (χ1n) is 5.10. The van der Waals surface area contributed by atoms with Crippen LogP contribution in [0.1, 0.15) is 19.8 Å². The number of hydrogen-bond acceptors (Lipinski definition) is 3. The van der Waals surface area contributed by atoms with Gasteiger partial charge in [-0.1, -0.05) is 13.3 Å². The molecule has 0 amide bonds. The zero-order valence-electron chi connectivity index (χ0n) is 10.8. The fourth-order valence-electron chi connectivity index (χ4n) is 1.19. The Morgan fingerprint density at radius 1 is 0.955 bits per heavy atom. The molecule has 0 radical (unpaired) electrons. The van der Waals surface area contributed by atoms with Crippen LogP contribution in [0.2, 0.25) is 0 Å². The lowest BCUT2D eigenvalue weighted by atomic mass is 9.98. The monoisotopic (exact) mass is 373 g/mol. The predicted molar refractivity (Wildman–Crippen MR) is 56.2 cm³/mol. The molecule has 14 heteroatoms. The summed E-state index contributed by atoms with van der Waals surface area (Å²) < 4.78 is 144. The van der Waals surface area contributed by atoms with Gasteiger partial charge in [-0.05, 0) is 6.42 Å². The Labute approximate surface area is 119 Å². The molecular weight excluding hydrogens is 361 g/mol. The number of halogens is 9. The van der Waals surface area contributed by atoms with Crippen LogP contribution in [0.4, 0.5) is 39.5 Å². The molecule has 0 aromatic heterocycles. The normalized spacial score (nSPS) is 16.1. The molecule has 0 aliphatic heterocycles. The van der Waals surface area contributed by atoms with E-state index in [9.17, 15) is 47.9 Å². The van der Waals surface area contributed by atoms with Crippen LogP contribution >= 0.6 is 0 Å². The zero-order valence-corrected chi connectivity index (χ0v) is 11.6. The third kappa shape index (κ3) is 3.27. The van der Waals surface area contributed by atoms with Gasteiger partial charge in [0.2, 0.25) is 0 Å². The third-order valence-corrected chi connectivity index (χ3v) is 3.34. The van der Waals surface area contributed by atoms with Crippen LogP contribution in [-0.2, 0) is 10.1 Å². The minimum absolute atomic E-state index is 0. The van der Waals surface area contributed by atoms with E-state index in [2.05, 4.69) is 0 Å². The smallest absolute Gasteiger partial charge is 0.344 e. The maximum Gasteiger partial charge on any atom is 0.438 e. The molecule has 0 aromatic rings. The largest absolute Gasteiger partial charge is 0.438 e. The van der Waals surface area contributed by atoms with Crippen molar-refractivity contribution in [2.75, 3.05) is 0 Å². The molecule has 4 nitrogen and oxygen atoms in total. The molecule has 0 heterocycles. The Hall–Kier alpha value is -0.760. The van der Waals surface area contributed by atoms with Crippen LogP contribution in [-0.4, -0.2) is 42.2 Å². The Morgan fingerprint density at radius 2 is 1.32 bits per heavy atom. The van der Waals surface area contributed by atoms with Crippen molar-refractivity contribution in [3.8, 4) is 0 Å². The maximum atomic E-state index is 13.0. The Bertz CT molecular complexity index is 479. The van der Waals surface area contributed by atoms with E-state index in [-0.39, 0.29) is 6.15 Å². The predicted octanol–water partition coefficient (Wildman–Crippen LogP) is 3.67. The zero-order chi connectivity index (χ0) is 17.5. The van der Waals surface area contributed by atoms with Crippen molar-refractivity contribution in [2.24, 2.45) is 0 Å². The van der Waals surface area contributed by atoms with Crippen molar-refractivity contribution in [1.82, 2.24) is 6.15 Å². The first-order chi connectivity index (χ1) is 8.98. The molecular formula is C8H12F9NO3S. The third-order valence-electron chi connectivity index (χ3n) is 2.44. The van der Waals surface area contributed by atoms with Crippen LogP contribution in [0, 0.1) is 0 Å². The van der Waals surface area contributed by atoms with Crippen molar-refractivity contribution in [3.63, 3.8) is 0 Å². The molecule has 0 fully saturated rings. The standard InChI is InChI=1S/C8H9F9O3S.H3N/c1-2-3-4(9)5(10,11)6(12,13)7(14,15)8(16,17)21(18,19)20;/h4H,2-3H2,1H3,(H,18,19,20);1H3.